The van der Waals surface area contributed by atoms with Crippen molar-refractivity contribution in [3.63, 3.8) is 0 Å². The van der Waals surface area contributed by atoms with Crippen LogP contribution in [-0.4, -0.2) is 29.7 Å². The number of amides is 1. The Morgan fingerprint density at radius 1 is 1.00 bits per heavy atom. The standard InChI is InChI=1S/C17H27NO2/c1-11-6-12(2)10-18(9-11)17(20)15-7-13-4-3-5-14(8-15)16(13)19/h11-15H,3-10H2,1-2H3/t11-,12-,13-,14+,15?/m1/s1. The van der Waals surface area contributed by atoms with E-state index < -0.39 is 0 Å². The average molecular weight is 277 g/mol. The van der Waals surface area contributed by atoms with Crippen LogP contribution in [0.3, 0.4) is 0 Å². The van der Waals surface area contributed by atoms with Gasteiger partial charge in [-0.3, -0.25) is 9.59 Å². The molecular weight excluding hydrogens is 250 g/mol. The van der Waals surface area contributed by atoms with Gasteiger partial charge in [0.1, 0.15) is 5.78 Å². The van der Waals surface area contributed by atoms with Crippen LogP contribution in [-0.2, 0) is 9.59 Å². The van der Waals surface area contributed by atoms with E-state index in [0.717, 1.165) is 38.8 Å². The molecule has 0 aromatic carbocycles. The molecule has 1 saturated heterocycles. The van der Waals surface area contributed by atoms with E-state index in [1.54, 1.807) is 0 Å². The quantitative estimate of drug-likeness (QED) is 0.739. The Kier molecular flexibility index (Phi) is 3.87. The molecule has 0 N–H and O–H groups in total. The van der Waals surface area contributed by atoms with Gasteiger partial charge in [-0.1, -0.05) is 20.3 Å². The topological polar surface area (TPSA) is 37.4 Å². The molecule has 0 aromatic rings. The Bertz CT molecular complexity index is 380. The fourth-order valence-corrected chi connectivity index (χ4v) is 4.78. The van der Waals surface area contributed by atoms with Crippen molar-refractivity contribution in [2.75, 3.05) is 13.1 Å². The number of carbonyl (C=O) groups excluding carboxylic acids is 2. The van der Waals surface area contributed by atoms with E-state index in [-0.39, 0.29) is 17.8 Å². The van der Waals surface area contributed by atoms with Crippen molar-refractivity contribution in [1.29, 1.82) is 0 Å². The third-order valence-corrected chi connectivity index (χ3v) is 5.58. The van der Waals surface area contributed by atoms with Gasteiger partial charge in [0, 0.05) is 30.8 Å². The highest BCUT2D eigenvalue weighted by Gasteiger charge is 2.42. The number of carbonyl (C=O) groups is 2. The molecule has 3 aliphatic rings. The lowest BCUT2D eigenvalue weighted by Gasteiger charge is -2.41. The maximum atomic E-state index is 12.8. The van der Waals surface area contributed by atoms with Crippen molar-refractivity contribution in [2.45, 2.75) is 52.4 Å². The third-order valence-electron chi connectivity index (χ3n) is 5.58. The van der Waals surface area contributed by atoms with Gasteiger partial charge in [0.15, 0.2) is 0 Å². The number of piperidine rings is 1. The van der Waals surface area contributed by atoms with Gasteiger partial charge in [0.25, 0.3) is 0 Å². The number of fused-ring (bicyclic) bond motifs is 2. The highest BCUT2D eigenvalue weighted by atomic mass is 16.2. The predicted octanol–water partition coefficient (Wildman–Crippen LogP) is 2.89. The number of ketones is 1. The molecule has 0 aromatic heterocycles. The number of nitrogens with zero attached hydrogens (tertiary/aromatic N) is 1. The number of likely N-dealkylation sites (tertiary alicyclic amines) is 1. The van der Waals surface area contributed by atoms with E-state index in [1.807, 2.05) is 0 Å². The van der Waals surface area contributed by atoms with E-state index in [0.29, 0.717) is 23.5 Å². The summed E-state index contributed by atoms with van der Waals surface area (Å²) in [5.74, 6) is 2.54. The molecule has 112 valence electrons. The first-order valence-corrected chi connectivity index (χ1v) is 8.37. The second-order valence-corrected chi connectivity index (χ2v) is 7.58. The van der Waals surface area contributed by atoms with Crippen molar-refractivity contribution >= 4 is 11.7 Å². The summed E-state index contributed by atoms with van der Waals surface area (Å²) >= 11 is 0. The molecular formula is C17H27NO2. The maximum Gasteiger partial charge on any atom is 0.225 e. The van der Waals surface area contributed by atoms with Crippen LogP contribution < -0.4 is 0 Å². The summed E-state index contributed by atoms with van der Waals surface area (Å²) in [4.78, 5) is 27.0. The molecule has 2 saturated carbocycles. The molecule has 3 nitrogen and oxygen atoms in total. The van der Waals surface area contributed by atoms with E-state index >= 15 is 0 Å². The van der Waals surface area contributed by atoms with Crippen LogP contribution in [0.5, 0.6) is 0 Å². The van der Waals surface area contributed by atoms with Crippen LogP contribution in [0.15, 0.2) is 0 Å². The summed E-state index contributed by atoms with van der Waals surface area (Å²) in [7, 11) is 0. The molecule has 0 radical (unpaired) electrons. The number of rotatable bonds is 1. The van der Waals surface area contributed by atoms with Crippen molar-refractivity contribution in [2.24, 2.45) is 29.6 Å². The molecule has 3 rings (SSSR count). The Hall–Kier alpha value is -0.860. The van der Waals surface area contributed by atoms with E-state index in [1.165, 1.54) is 12.8 Å². The molecule has 1 unspecified atom stereocenters. The maximum absolute atomic E-state index is 12.8. The molecule has 3 fully saturated rings. The van der Waals surface area contributed by atoms with Gasteiger partial charge in [-0.2, -0.15) is 0 Å². The van der Waals surface area contributed by atoms with Crippen LogP contribution in [0.25, 0.3) is 0 Å². The Balaban J connectivity index is 1.67. The van der Waals surface area contributed by atoms with Crippen LogP contribution in [0, 0.1) is 29.6 Å². The summed E-state index contributed by atoms with van der Waals surface area (Å²) in [5.41, 5.74) is 0. The second kappa shape index (κ2) is 5.50. The Morgan fingerprint density at radius 2 is 1.55 bits per heavy atom. The minimum absolute atomic E-state index is 0.125. The van der Waals surface area contributed by atoms with Gasteiger partial charge >= 0.3 is 0 Å². The third kappa shape index (κ3) is 2.64. The van der Waals surface area contributed by atoms with Crippen LogP contribution >= 0.6 is 0 Å². The van der Waals surface area contributed by atoms with Crippen molar-refractivity contribution in [1.82, 2.24) is 4.90 Å². The lowest BCUT2D eigenvalue weighted by molar-refractivity contribution is -0.145. The minimum Gasteiger partial charge on any atom is -0.342 e. The number of hydrogen-bond donors (Lipinski definition) is 0. The molecule has 0 spiro atoms. The van der Waals surface area contributed by atoms with Crippen LogP contribution in [0.1, 0.15) is 52.4 Å². The first-order chi connectivity index (χ1) is 9.54. The fourth-order valence-electron chi connectivity index (χ4n) is 4.78. The Labute approximate surface area is 122 Å². The predicted molar refractivity (Wildman–Crippen MR) is 78.1 cm³/mol. The van der Waals surface area contributed by atoms with Gasteiger partial charge < -0.3 is 4.90 Å². The smallest absolute Gasteiger partial charge is 0.225 e. The van der Waals surface area contributed by atoms with E-state index in [4.69, 9.17) is 0 Å². The molecule has 1 amide bonds. The highest BCUT2D eigenvalue weighted by molar-refractivity contribution is 5.88. The summed E-state index contributed by atoms with van der Waals surface area (Å²) in [6.07, 6.45) is 6.11. The summed E-state index contributed by atoms with van der Waals surface area (Å²) in [5, 5.41) is 0. The fraction of sp³-hybridized carbons (Fsp3) is 0.882. The zero-order chi connectivity index (χ0) is 14.3. The van der Waals surface area contributed by atoms with Crippen molar-refractivity contribution in [3.8, 4) is 0 Å². The average Bonchev–Trinajstić information content (AvgIpc) is 2.36. The van der Waals surface area contributed by atoms with Gasteiger partial charge in [-0.15, -0.1) is 0 Å². The van der Waals surface area contributed by atoms with Gasteiger partial charge in [-0.25, -0.2) is 0 Å². The van der Waals surface area contributed by atoms with E-state index in [2.05, 4.69) is 18.7 Å². The van der Waals surface area contributed by atoms with Crippen molar-refractivity contribution in [3.05, 3.63) is 0 Å². The number of hydrogen-bond acceptors (Lipinski definition) is 2. The molecule has 5 atom stereocenters. The van der Waals surface area contributed by atoms with Crippen LogP contribution in [0.2, 0.25) is 0 Å². The number of Topliss-reactive ketones (excluding diaryl/α,β-unsaturated/α-hetero) is 1. The van der Waals surface area contributed by atoms with Gasteiger partial charge in [0.2, 0.25) is 5.91 Å². The van der Waals surface area contributed by atoms with Gasteiger partial charge in [-0.05, 0) is 43.9 Å². The van der Waals surface area contributed by atoms with E-state index in [9.17, 15) is 9.59 Å². The zero-order valence-corrected chi connectivity index (χ0v) is 12.8. The molecule has 2 aliphatic carbocycles. The minimum atomic E-state index is 0.125. The first-order valence-electron chi connectivity index (χ1n) is 8.37. The summed E-state index contributed by atoms with van der Waals surface area (Å²) in [6, 6.07) is 0. The lowest BCUT2D eigenvalue weighted by Crippen LogP contribution is -2.48. The normalized spacial score (nSPS) is 41.6. The zero-order valence-electron chi connectivity index (χ0n) is 12.8. The summed E-state index contributed by atoms with van der Waals surface area (Å²) < 4.78 is 0. The van der Waals surface area contributed by atoms with Crippen molar-refractivity contribution < 1.29 is 9.59 Å². The molecule has 3 heteroatoms. The monoisotopic (exact) mass is 277 g/mol. The summed E-state index contributed by atoms with van der Waals surface area (Å²) in [6.45, 7) is 6.33. The second-order valence-electron chi connectivity index (χ2n) is 7.58. The lowest BCUT2D eigenvalue weighted by atomic mass is 9.66. The first kappa shape index (κ1) is 14.1. The highest BCUT2D eigenvalue weighted by Crippen LogP contribution is 2.41. The molecule has 1 aliphatic heterocycles. The Morgan fingerprint density at radius 3 is 2.10 bits per heavy atom. The van der Waals surface area contributed by atoms with Gasteiger partial charge in [0.05, 0.1) is 0 Å². The van der Waals surface area contributed by atoms with Crippen LogP contribution in [0.4, 0.5) is 0 Å². The molecule has 20 heavy (non-hydrogen) atoms. The molecule has 2 bridgehead atoms. The molecule has 1 heterocycles. The SMILES string of the molecule is C[C@@H]1C[C@@H](C)CN(C(=O)C2C[C@H]3CCC[C@@H](C2)C3=O)C1. The largest absolute Gasteiger partial charge is 0.342 e.